The van der Waals surface area contributed by atoms with Crippen LogP contribution in [0, 0.1) is 0 Å². The minimum absolute atomic E-state index is 0.0136. The third-order valence-corrected chi connectivity index (χ3v) is 7.27. The van der Waals surface area contributed by atoms with Crippen molar-refractivity contribution in [2.24, 2.45) is 0 Å². The van der Waals surface area contributed by atoms with E-state index in [-0.39, 0.29) is 22.3 Å². The van der Waals surface area contributed by atoms with E-state index in [0.717, 1.165) is 44.3 Å². The van der Waals surface area contributed by atoms with Crippen LogP contribution in [0.25, 0.3) is 6.08 Å². The lowest BCUT2D eigenvalue weighted by molar-refractivity contribution is -0.0778. The Hall–Kier alpha value is -1.76. The zero-order valence-electron chi connectivity index (χ0n) is 18.8. The van der Waals surface area contributed by atoms with Crippen LogP contribution < -0.4 is 0 Å². The summed E-state index contributed by atoms with van der Waals surface area (Å²) in [6.07, 6.45) is 7.61. The SMILES string of the molecule is C=Cc1ccc(C2(OC)CCC2)cc1.CN1CCC(c2ccc(SC(F)(F)F)cc2)CC1. The number of likely N-dealkylation sites (tertiary alicyclic amines) is 1. The normalized spacial score (nSPS) is 18.9. The number of methoxy groups -OCH3 is 1. The van der Waals surface area contributed by atoms with E-state index < -0.39 is 5.51 Å². The second-order valence-corrected chi connectivity index (χ2v) is 9.71. The van der Waals surface area contributed by atoms with Gasteiger partial charge in [-0.25, -0.2) is 0 Å². The van der Waals surface area contributed by atoms with Crippen LogP contribution in [-0.2, 0) is 10.3 Å². The highest BCUT2D eigenvalue weighted by molar-refractivity contribution is 8.00. The van der Waals surface area contributed by atoms with E-state index in [0.29, 0.717) is 5.92 Å². The van der Waals surface area contributed by atoms with Gasteiger partial charge in [0, 0.05) is 12.0 Å². The quantitative estimate of drug-likeness (QED) is 0.427. The maximum Gasteiger partial charge on any atom is 0.446 e. The average Bonchev–Trinajstić information content (AvgIpc) is 2.74. The number of nitrogens with zero attached hydrogens (tertiary/aromatic N) is 1. The Morgan fingerprint density at radius 3 is 2.06 bits per heavy atom. The summed E-state index contributed by atoms with van der Waals surface area (Å²) in [6.45, 7) is 5.86. The summed E-state index contributed by atoms with van der Waals surface area (Å²) in [4.78, 5) is 2.55. The fourth-order valence-electron chi connectivity index (χ4n) is 4.32. The van der Waals surface area contributed by atoms with Crippen LogP contribution >= 0.6 is 11.8 Å². The van der Waals surface area contributed by atoms with Gasteiger partial charge < -0.3 is 9.64 Å². The number of thioether (sulfide) groups is 1. The molecule has 1 heterocycles. The highest BCUT2D eigenvalue weighted by atomic mass is 32.2. The molecular formula is C26H32F3NOS. The van der Waals surface area contributed by atoms with Crippen molar-refractivity contribution in [3.8, 4) is 0 Å². The van der Waals surface area contributed by atoms with Gasteiger partial charge in [-0.1, -0.05) is 49.1 Å². The predicted octanol–water partition coefficient (Wildman–Crippen LogP) is 7.46. The molecule has 6 heteroatoms. The van der Waals surface area contributed by atoms with Crippen molar-refractivity contribution in [3.63, 3.8) is 0 Å². The molecule has 4 rings (SSSR count). The van der Waals surface area contributed by atoms with Crippen LogP contribution in [0.1, 0.15) is 54.7 Å². The smallest absolute Gasteiger partial charge is 0.374 e. The Labute approximate surface area is 193 Å². The van der Waals surface area contributed by atoms with Gasteiger partial charge in [-0.2, -0.15) is 13.2 Å². The van der Waals surface area contributed by atoms with Gasteiger partial charge in [0.1, 0.15) is 0 Å². The third-order valence-electron chi connectivity index (χ3n) is 6.53. The fraction of sp³-hybridized carbons (Fsp3) is 0.462. The number of ether oxygens (including phenoxy) is 1. The molecule has 2 fully saturated rings. The van der Waals surface area contributed by atoms with Crippen molar-refractivity contribution in [2.75, 3.05) is 27.2 Å². The van der Waals surface area contributed by atoms with Gasteiger partial charge in [-0.05, 0) is 98.7 Å². The summed E-state index contributed by atoms with van der Waals surface area (Å²) in [5.41, 5.74) is -0.555. The van der Waals surface area contributed by atoms with E-state index in [1.54, 1.807) is 19.2 Å². The van der Waals surface area contributed by atoms with E-state index >= 15 is 0 Å². The molecule has 1 aliphatic carbocycles. The molecule has 0 atom stereocenters. The third kappa shape index (κ3) is 6.63. The summed E-state index contributed by atoms with van der Waals surface area (Å²) in [5, 5.41) is 0. The van der Waals surface area contributed by atoms with E-state index in [9.17, 15) is 13.2 Å². The first-order valence-electron chi connectivity index (χ1n) is 11.1. The molecule has 0 spiro atoms. The molecule has 174 valence electrons. The van der Waals surface area contributed by atoms with E-state index in [4.69, 9.17) is 4.74 Å². The van der Waals surface area contributed by atoms with Gasteiger partial charge in [0.25, 0.3) is 0 Å². The first kappa shape index (κ1) is 24.9. The summed E-state index contributed by atoms with van der Waals surface area (Å²) in [6, 6.07) is 15.3. The molecule has 0 amide bonds. The number of rotatable bonds is 5. The van der Waals surface area contributed by atoms with Crippen molar-refractivity contribution >= 4 is 17.8 Å². The van der Waals surface area contributed by atoms with Crippen molar-refractivity contribution in [1.82, 2.24) is 4.90 Å². The molecule has 0 unspecified atom stereocenters. The van der Waals surface area contributed by atoms with Crippen LogP contribution in [-0.4, -0.2) is 37.7 Å². The second-order valence-electron chi connectivity index (χ2n) is 8.57. The largest absolute Gasteiger partial charge is 0.446 e. The van der Waals surface area contributed by atoms with Crippen LogP contribution in [0.15, 0.2) is 60.0 Å². The Bertz CT molecular complexity index is 847. The monoisotopic (exact) mass is 463 g/mol. The zero-order chi connectivity index (χ0) is 23.2. The minimum Gasteiger partial charge on any atom is -0.374 e. The molecule has 0 radical (unpaired) electrons. The zero-order valence-corrected chi connectivity index (χ0v) is 19.6. The van der Waals surface area contributed by atoms with E-state index in [1.165, 1.54) is 17.5 Å². The maximum atomic E-state index is 12.2. The summed E-state index contributed by atoms with van der Waals surface area (Å²) < 4.78 is 42.2. The van der Waals surface area contributed by atoms with Gasteiger partial charge in [0.05, 0.1) is 5.60 Å². The van der Waals surface area contributed by atoms with Gasteiger partial charge in [-0.15, -0.1) is 0 Å². The van der Waals surface area contributed by atoms with Crippen LogP contribution in [0.2, 0.25) is 0 Å². The van der Waals surface area contributed by atoms with Crippen LogP contribution in [0.5, 0.6) is 0 Å². The summed E-state index contributed by atoms with van der Waals surface area (Å²) in [5.74, 6) is 0.492. The molecule has 2 aromatic carbocycles. The Morgan fingerprint density at radius 2 is 1.62 bits per heavy atom. The lowest BCUT2D eigenvalue weighted by Gasteiger charge is -2.41. The second kappa shape index (κ2) is 10.9. The lowest BCUT2D eigenvalue weighted by Crippen LogP contribution is -2.35. The van der Waals surface area contributed by atoms with Gasteiger partial charge in [0.2, 0.25) is 0 Å². The molecule has 2 aliphatic rings. The minimum atomic E-state index is -4.20. The number of alkyl halides is 3. The molecule has 1 saturated heterocycles. The van der Waals surface area contributed by atoms with Gasteiger partial charge in [-0.3, -0.25) is 0 Å². The molecule has 2 nitrogen and oxygen atoms in total. The highest BCUT2D eigenvalue weighted by Gasteiger charge is 2.38. The fourth-order valence-corrected chi connectivity index (χ4v) is 4.85. The maximum absolute atomic E-state index is 12.2. The molecule has 1 saturated carbocycles. The molecule has 0 N–H and O–H groups in total. The number of hydrogen-bond acceptors (Lipinski definition) is 3. The van der Waals surface area contributed by atoms with E-state index in [2.05, 4.69) is 42.8 Å². The molecule has 0 bridgehead atoms. The first-order chi connectivity index (χ1) is 15.2. The predicted molar refractivity (Wildman–Crippen MR) is 127 cm³/mol. The number of piperidine rings is 1. The summed E-state index contributed by atoms with van der Waals surface area (Å²) in [7, 11) is 3.90. The average molecular weight is 464 g/mol. The molecule has 1 aliphatic heterocycles. The molecule has 32 heavy (non-hydrogen) atoms. The van der Waals surface area contributed by atoms with Crippen molar-refractivity contribution in [3.05, 3.63) is 71.8 Å². The number of benzene rings is 2. The molecular weight excluding hydrogens is 431 g/mol. The molecule has 2 aromatic rings. The van der Waals surface area contributed by atoms with Gasteiger partial charge in [0.15, 0.2) is 0 Å². The van der Waals surface area contributed by atoms with Crippen molar-refractivity contribution in [1.29, 1.82) is 0 Å². The van der Waals surface area contributed by atoms with Crippen molar-refractivity contribution < 1.29 is 17.9 Å². The summed E-state index contributed by atoms with van der Waals surface area (Å²) >= 11 is -0.0517. The van der Waals surface area contributed by atoms with Gasteiger partial charge >= 0.3 is 5.51 Å². The Balaban J connectivity index is 0.000000186. The number of hydrogen-bond donors (Lipinski definition) is 0. The highest BCUT2D eigenvalue weighted by Crippen LogP contribution is 2.44. The number of halogens is 3. The topological polar surface area (TPSA) is 12.5 Å². The lowest BCUT2D eigenvalue weighted by atomic mass is 9.75. The van der Waals surface area contributed by atoms with E-state index in [1.807, 2.05) is 18.2 Å². The van der Waals surface area contributed by atoms with Crippen molar-refractivity contribution in [2.45, 2.75) is 54.0 Å². The van der Waals surface area contributed by atoms with Crippen LogP contribution in [0.4, 0.5) is 13.2 Å². The Kier molecular flexibility index (Phi) is 8.48. The first-order valence-corrected chi connectivity index (χ1v) is 11.9. The van der Waals surface area contributed by atoms with Crippen LogP contribution in [0.3, 0.4) is 0 Å². The molecule has 0 aromatic heterocycles. The Morgan fingerprint density at radius 1 is 1.03 bits per heavy atom. The standard InChI is InChI=1S/C13H16F3NS.C13H16O/c1-17-8-6-11(7-9-17)10-2-4-12(5-3-10)18-13(14,15)16;1-3-11-5-7-12(8-6-11)13(14-2)9-4-10-13/h2-5,11H,6-9H2,1H3;3,5-8H,1,4,9-10H2,2H3.